The van der Waals surface area contributed by atoms with Crippen LogP contribution in [0.1, 0.15) is 10.9 Å². The maximum atomic E-state index is 12.9. The van der Waals surface area contributed by atoms with Gasteiger partial charge < -0.3 is 0 Å². The molecule has 1 nitrogen and oxygen atoms in total. The number of benzene rings is 1. The molecule has 0 N–H and O–H groups in total. The average molecular weight is 204 g/mol. The van der Waals surface area contributed by atoms with Crippen molar-refractivity contribution in [2.45, 2.75) is 5.38 Å². The number of hydrogen-bond acceptors (Lipinski definition) is 1. The average Bonchev–Trinajstić information content (AvgIpc) is 2.08. The van der Waals surface area contributed by atoms with Crippen LogP contribution in [-0.2, 0) is 0 Å². The maximum absolute atomic E-state index is 12.9. The molecule has 1 unspecified atom stereocenters. The van der Waals surface area contributed by atoms with Crippen LogP contribution in [0, 0.1) is 17.1 Å². The van der Waals surface area contributed by atoms with E-state index < -0.39 is 11.2 Å². The normalized spacial score (nSPS) is 12.2. The van der Waals surface area contributed by atoms with Gasteiger partial charge in [-0.25, -0.2) is 4.39 Å². The van der Waals surface area contributed by atoms with E-state index in [0.717, 1.165) is 0 Å². The number of hydrogen-bond donors (Lipinski definition) is 0. The van der Waals surface area contributed by atoms with E-state index in [1.807, 2.05) is 0 Å². The second kappa shape index (κ2) is 3.75. The Hall–Kier alpha value is -0.780. The Morgan fingerprint density at radius 3 is 2.75 bits per heavy atom. The fourth-order valence-corrected chi connectivity index (χ4v) is 1.13. The highest BCUT2D eigenvalue weighted by molar-refractivity contribution is 6.30. The largest absolute Gasteiger partial charge is 0.207 e. The van der Waals surface area contributed by atoms with Gasteiger partial charge in [-0.1, -0.05) is 11.6 Å². The van der Waals surface area contributed by atoms with Crippen molar-refractivity contribution in [3.8, 4) is 6.07 Å². The molecule has 0 aliphatic rings. The van der Waals surface area contributed by atoms with Crippen molar-refractivity contribution in [1.29, 1.82) is 5.26 Å². The molecule has 1 aromatic carbocycles. The van der Waals surface area contributed by atoms with Crippen molar-refractivity contribution >= 4 is 23.2 Å². The third kappa shape index (κ3) is 1.88. The molecule has 0 spiro atoms. The van der Waals surface area contributed by atoms with Crippen LogP contribution in [0.2, 0.25) is 5.02 Å². The first-order chi connectivity index (χ1) is 5.65. The lowest BCUT2D eigenvalue weighted by Crippen LogP contribution is -1.91. The van der Waals surface area contributed by atoms with Crippen LogP contribution in [0.5, 0.6) is 0 Å². The summed E-state index contributed by atoms with van der Waals surface area (Å²) in [7, 11) is 0. The van der Waals surface area contributed by atoms with Gasteiger partial charge in [0.25, 0.3) is 0 Å². The summed E-state index contributed by atoms with van der Waals surface area (Å²) in [6.45, 7) is 0. The predicted octanol–water partition coefficient (Wildman–Crippen LogP) is 3.28. The summed E-state index contributed by atoms with van der Waals surface area (Å²) >= 11 is 11.1. The Kier molecular flexibility index (Phi) is 2.91. The summed E-state index contributed by atoms with van der Waals surface area (Å²) in [6.07, 6.45) is 0. The third-order valence-corrected chi connectivity index (χ3v) is 1.91. The van der Waals surface area contributed by atoms with E-state index in [2.05, 4.69) is 0 Å². The predicted molar refractivity (Wildman–Crippen MR) is 45.6 cm³/mol. The molecule has 0 radical (unpaired) electrons. The Morgan fingerprint density at radius 2 is 2.17 bits per heavy atom. The summed E-state index contributed by atoms with van der Waals surface area (Å²) in [6, 6.07) is 5.65. The van der Waals surface area contributed by atoms with Crippen LogP contribution < -0.4 is 0 Å². The molecule has 0 saturated carbocycles. The van der Waals surface area contributed by atoms with Crippen molar-refractivity contribution in [2.75, 3.05) is 0 Å². The highest BCUT2D eigenvalue weighted by atomic mass is 35.5. The van der Waals surface area contributed by atoms with E-state index in [0.29, 0.717) is 5.02 Å². The summed E-state index contributed by atoms with van der Waals surface area (Å²) in [5.74, 6) is -0.513. The molecule has 0 aliphatic heterocycles. The zero-order valence-electron chi connectivity index (χ0n) is 5.89. The fraction of sp³-hybridized carbons (Fsp3) is 0.125. The minimum Gasteiger partial charge on any atom is -0.207 e. The van der Waals surface area contributed by atoms with Crippen molar-refractivity contribution in [1.82, 2.24) is 0 Å². The second-order valence-corrected chi connectivity index (χ2v) is 3.03. The standard InChI is InChI=1S/C8H4Cl2FN/c9-5-1-2-8(11)6(3-5)7(10)4-12/h1-3,7H. The molecule has 0 fully saturated rings. The molecule has 0 amide bonds. The van der Waals surface area contributed by atoms with Crippen molar-refractivity contribution < 1.29 is 4.39 Å². The van der Waals surface area contributed by atoms with Gasteiger partial charge in [0.15, 0.2) is 0 Å². The quantitative estimate of drug-likeness (QED) is 0.644. The smallest absolute Gasteiger partial charge is 0.148 e. The van der Waals surface area contributed by atoms with Crippen LogP contribution in [0.4, 0.5) is 4.39 Å². The van der Waals surface area contributed by atoms with Crippen LogP contribution in [0.3, 0.4) is 0 Å². The number of halogens is 3. The SMILES string of the molecule is N#CC(Cl)c1cc(Cl)ccc1F. The zero-order valence-corrected chi connectivity index (χ0v) is 7.40. The Morgan fingerprint density at radius 1 is 1.50 bits per heavy atom. The summed E-state index contributed by atoms with van der Waals surface area (Å²) in [5, 5.41) is 7.80. The number of nitrogens with zero attached hydrogens (tertiary/aromatic N) is 1. The third-order valence-electron chi connectivity index (χ3n) is 1.34. The van der Waals surface area contributed by atoms with E-state index in [4.69, 9.17) is 28.5 Å². The molecule has 0 saturated heterocycles. The highest BCUT2D eigenvalue weighted by Crippen LogP contribution is 2.25. The van der Waals surface area contributed by atoms with Gasteiger partial charge in [-0.2, -0.15) is 5.26 Å². The van der Waals surface area contributed by atoms with Gasteiger partial charge >= 0.3 is 0 Å². The topological polar surface area (TPSA) is 23.8 Å². The minimum absolute atomic E-state index is 0.117. The van der Waals surface area contributed by atoms with Gasteiger partial charge in [-0.05, 0) is 18.2 Å². The molecule has 0 aliphatic carbocycles. The van der Waals surface area contributed by atoms with Gasteiger partial charge in [0.1, 0.15) is 11.2 Å². The van der Waals surface area contributed by atoms with E-state index in [1.54, 1.807) is 6.07 Å². The lowest BCUT2D eigenvalue weighted by molar-refractivity contribution is 0.614. The number of nitriles is 1. The first-order valence-corrected chi connectivity index (χ1v) is 3.95. The molecule has 1 aromatic rings. The molecule has 0 bridgehead atoms. The Bertz CT molecular complexity index is 332. The summed E-state index contributed by atoms with van der Waals surface area (Å²) in [5.41, 5.74) is 0.117. The van der Waals surface area contributed by atoms with Crippen molar-refractivity contribution in [3.05, 3.63) is 34.6 Å². The monoisotopic (exact) mass is 203 g/mol. The molecule has 62 valence electrons. The Labute approximate surface area is 79.3 Å². The molecule has 1 rings (SSSR count). The zero-order chi connectivity index (χ0) is 9.14. The number of rotatable bonds is 1. The molecular weight excluding hydrogens is 200 g/mol. The van der Waals surface area contributed by atoms with Gasteiger partial charge in [0.2, 0.25) is 0 Å². The molecule has 4 heteroatoms. The van der Waals surface area contributed by atoms with E-state index >= 15 is 0 Å². The first kappa shape index (κ1) is 9.31. The number of alkyl halides is 1. The van der Waals surface area contributed by atoms with Gasteiger partial charge in [0.05, 0.1) is 6.07 Å². The Balaban J connectivity index is 3.15. The van der Waals surface area contributed by atoms with Crippen LogP contribution >= 0.6 is 23.2 Å². The van der Waals surface area contributed by atoms with Crippen molar-refractivity contribution in [3.63, 3.8) is 0 Å². The van der Waals surface area contributed by atoms with Crippen LogP contribution in [0.25, 0.3) is 0 Å². The second-order valence-electron chi connectivity index (χ2n) is 2.16. The highest BCUT2D eigenvalue weighted by Gasteiger charge is 2.11. The van der Waals surface area contributed by atoms with Crippen LogP contribution in [-0.4, -0.2) is 0 Å². The maximum Gasteiger partial charge on any atom is 0.148 e. The van der Waals surface area contributed by atoms with E-state index in [9.17, 15) is 4.39 Å². The van der Waals surface area contributed by atoms with E-state index in [-0.39, 0.29) is 5.56 Å². The molecule has 12 heavy (non-hydrogen) atoms. The molecular formula is C8H4Cl2FN. The minimum atomic E-state index is -0.983. The van der Waals surface area contributed by atoms with Gasteiger partial charge in [-0.15, -0.1) is 11.6 Å². The van der Waals surface area contributed by atoms with E-state index in [1.165, 1.54) is 18.2 Å². The fourth-order valence-electron chi connectivity index (χ4n) is 0.778. The van der Waals surface area contributed by atoms with Gasteiger partial charge in [-0.3, -0.25) is 0 Å². The lowest BCUT2D eigenvalue weighted by atomic mass is 10.1. The molecule has 0 aromatic heterocycles. The first-order valence-electron chi connectivity index (χ1n) is 3.14. The summed E-state index contributed by atoms with van der Waals surface area (Å²) < 4.78 is 12.9. The molecule has 1 atom stereocenters. The lowest BCUT2D eigenvalue weighted by Gasteiger charge is -2.02. The van der Waals surface area contributed by atoms with Crippen LogP contribution in [0.15, 0.2) is 18.2 Å². The molecule has 0 heterocycles. The summed E-state index contributed by atoms with van der Waals surface area (Å²) in [4.78, 5) is 0. The van der Waals surface area contributed by atoms with Crippen molar-refractivity contribution in [2.24, 2.45) is 0 Å². The van der Waals surface area contributed by atoms with Gasteiger partial charge in [0, 0.05) is 10.6 Å².